The summed E-state index contributed by atoms with van der Waals surface area (Å²) in [6, 6.07) is -4.27. The summed E-state index contributed by atoms with van der Waals surface area (Å²) >= 11 is 0. The van der Waals surface area contributed by atoms with Gasteiger partial charge in [-0.3, -0.25) is 24.0 Å². The molecule has 0 radical (unpaired) electrons. The van der Waals surface area contributed by atoms with Crippen molar-refractivity contribution in [3.63, 3.8) is 0 Å². The van der Waals surface area contributed by atoms with Gasteiger partial charge in [-0.05, 0) is 6.42 Å². The molecule has 1 rings (SSSR count). The van der Waals surface area contributed by atoms with Crippen LogP contribution in [0.15, 0.2) is 12.5 Å². The number of aliphatic carboxylic acids is 3. The molecule has 9 N–H and O–H groups in total. The van der Waals surface area contributed by atoms with E-state index in [0.29, 0.717) is 5.69 Å². The van der Waals surface area contributed by atoms with Gasteiger partial charge in [0.25, 0.3) is 0 Å². The maximum absolute atomic E-state index is 12.3. The summed E-state index contributed by atoms with van der Waals surface area (Å²) in [5.41, 5.74) is 6.32. The minimum absolute atomic E-state index is 0.122. The van der Waals surface area contributed by atoms with Crippen LogP contribution >= 0.6 is 0 Å². The van der Waals surface area contributed by atoms with Crippen LogP contribution in [0.4, 0.5) is 0 Å². The minimum Gasteiger partial charge on any atom is -0.481 e. The molecule has 32 heavy (non-hydrogen) atoms. The fourth-order valence-corrected chi connectivity index (χ4v) is 2.45. The lowest BCUT2D eigenvalue weighted by molar-refractivity contribution is -0.147. The molecule has 0 bridgehead atoms. The fraction of sp³-hybridized carbons (Fsp3) is 0.471. The Morgan fingerprint density at radius 1 is 1.00 bits per heavy atom. The van der Waals surface area contributed by atoms with Crippen molar-refractivity contribution in [2.24, 2.45) is 5.73 Å². The highest BCUT2D eigenvalue weighted by Crippen LogP contribution is 2.02. The summed E-state index contributed by atoms with van der Waals surface area (Å²) in [6.45, 7) is -0.593. The van der Waals surface area contributed by atoms with Gasteiger partial charge in [-0.15, -0.1) is 0 Å². The number of imidazole rings is 1. The standard InChI is InChI=1S/C17H24N6O9/c18-9(3-8-5-19-7-21-8)15(29)20-6-12(24)22-10(1-2-13(25)26)16(30)23-11(17(31)32)4-14(27)28/h5,7,9-11H,1-4,6,18H2,(H,19,21)(H,20,29)(H,22,24)(H,23,30)(H,25,26)(H,27,28)(H,31,32). The molecule has 0 aliphatic rings. The van der Waals surface area contributed by atoms with Crippen molar-refractivity contribution in [3.8, 4) is 0 Å². The van der Waals surface area contributed by atoms with Crippen LogP contribution in [0, 0.1) is 0 Å². The average Bonchev–Trinajstić information content (AvgIpc) is 3.20. The van der Waals surface area contributed by atoms with E-state index < -0.39 is 79.6 Å². The van der Waals surface area contributed by atoms with Crippen LogP contribution in [0.5, 0.6) is 0 Å². The SMILES string of the molecule is NC(Cc1cnc[nH]1)C(=O)NCC(=O)NC(CCC(=O)O)C(=O)NC(CC(=O)O)C(=O)O. The molecule has 0 fully saturated rings. The monoisotopic (exact) mass is 456 g/mol. The Morgan fingerprint density at radius 2 is 1.69 bits per heavy atom. The van der Waals surface area contributed by atoms with Crippen molar-refractivity contribution >= 4 is 35.6 Å². The molecule has 15 heteroatoms. The average molecular weight is 456 g/mol. The number of hydrogen-bond acceptors (Lipinski definition) is 8. The highest BCUT2D eigenvalue weighted by molar-refractivity contribution is 5.93. The summed E-state index contributed by atoms with van der Waals surface area (Å²) in [5.74, 6) is -7.03. The van der Waals surface area contributed by atoms with E-state index in [1.54, 1.807) is 0 Å². The van der Waals surface area contributed by atoms with Gasteiger partial charge in [0.05, 0.1) is 25.3 Å². The van der Waals surface area contributed by atoms with Crippen LogP contribution < -0.4 is 21.7 Å². The van der Waals surface area contributed by atoms with Gasteiger partial charge in [-0.2, -0.15) is 0 Å². The number of nitrogens with two attached hydrogens (primary N) is 1. The molecular formula is C17H24N6O9. The molecule has 3 amide bonds. The second-order valence-electron chi connectivity index (χ2n) is 6.66. The van der Waals surface area contributed by atoms with Gasteiger partial charge in [0.15, 0.2) is 0 Å². The van der Waals surface area contributed by atoms with Crippen LogP contribution in [-0.2, 0) is 35.2 Å². The lowest BCUT2D eigenvalue weighted by Crippen LogP contribution is -2.54. The highest BCUT2D eigenvalue weighted by Gasteiger charge is 2.28. The van der Waals surface area contributed by atoms with Crippen LogP contribution in [0.3, 0.4) is 0 Å². The first-order chi connectivity index (χ1) is 15.0. The zero-order chi connectivity index (χ0) is 24.3. The van der Waals surface area contributed by atoms with Crippen LogP contribution in [0.1, 0.15) is 25.0 Å². The predicted molar refractivity (Wildman–Crippen MR) is 104 cm³/mol. The third kappa shape index (κ3) is 9.66. The summed E-state index contributed by atoms with van der Waals surface area (Å²) in [6.07, 6.45) is 1.12. The van der Waals surface area contributed by atoms with Crippen molar-refractivity contribution in [1.29, 1.82) is 0 Å². The molecule has 0 saturated carbocycles. The van der Waals surface area contributed by atoms with Gasteiger partial charge in [0.1, 0.15) is 12.1 Å². The number of nitrogens with zero attached hydrogens (tertiary/aromatic N) is 1. The summed E-state index contributed by atoms with van der Waals surface area (Å²) in [4.78, 5) is 75.7. The number of amides is 3. The van der Waals surface area contributed by atoms with E-state index in [2.05, 4.69) is 20.6 Å². The summed E-state index contributed by atoms with van der Waals surface area (Å²) in [5, 5.41) is 33.0. The van der Waals surface area contributed by atoms with Gasteiger partial charge in [-0.1, -0.05) is 0 Å². The minimum atomic E-state index is -1.79. The van der Waals surface area contributed by atoms with Gasteiger partial charge in [-0.25, -0.2) is 9.78 Å². The molecule has 0 spiro atoms. The first-order valence-electron chi connectivity index (χ1n) is 9.26. The molecule has 0 aromatic carbocycles. The second kappa shape index (κ2) is 12.6. The topological polar surface area (TPSA) is 254 Å². The Labute approximate surface area is 180 Å². The Morgan fingerprint density at radius 3 is 2.22 bits per heavy atom. The van der Waals surface area contributed by atoms with Crippen molar-refractivity contribution < 1.29 is 44.1 Å². The lowest BCUT2D eigenvalue weighted by atomic mass is 10.1. The molecule has 0 aliphatic carbocycles. The first kappa shape index (κ1) is 26.0. The number of carbonyl (C=O) groups excluding carboxylic acids is 3. The Hall–Kier alpha value is -4.01. The van der Waals surface area contributed by atoms with E-state index >= 15 is 0 Å². The maximum Gasteiger partial charge on any atom is 0.326 e. The number of carboxylic acids is 3. The summed E-state index contributed by atoms with van der Waals surface area (Å²) in [7, 11) is 0. The van der Waals surface area contributed by atoms with Crippen molar-refractivity contribution in [1.82, 2.24) is 25.9 Å². The van der Waals surface area contributed by atoms with Crippen molar-refractivity contribution in [2.75, 3.05) is 6.54 Å². The van der Waals surface area contributed by atoms with Crippen LogP contribution in [0.2, 0.25) is 0 Å². The molecule has 1 aromatic heterocycles. The van der Waals surface area contributed by atoms with Gasteiger partial charge >= 0.3 is 17.9 Å². The van der Waals surface area contributed by atoms with Crippen LogP contribution in [0.25, 0.3) is 0 Å². The van der Waals surface area contributed by atoms with E-state index in [-0.39, 0.29) is 6.42 Å². The lowest BCUT2D eigenvalue weighted by Gasteiger charge is -2.20. The quantitative estimate of drug-likeness (QED) is 0.138. The van der Waals surface area contributed by atoms with Crippen molar-refractivity contribution in [2.45, 2.75) is 43.8 Å². The fourth-order valence-electron chi connectivity index (χ4n) is 2.45. The predicted octanol–water partition coefficient (Wildman–Crippen LogP) is -3.21. The molecule has 0 aliphatic heterocycles. The van der Waals surface area contributed by atoms with Gasteiger partial charge < -0.3 is 42.0 Å². The summed E-state index contributed by atoms with van der Waals surface area (Å²) < 4.78 is 0. The molecule has 176 valence electrons. The molecule has 3 atom stereocenters. The Kier molecular flexibility index (Phi) is 10.3. The van der Waals surface area contributed by atoms with Crippen LogP contribution in [-0.4, -0.2) is 85.6 Å². The molecule has 3 unspecified atom stereocenters. The van der Waals surface area contributed by atoms with E-state index in [1.165, 1.54) is 12.5 Å². The molecule has 1 heterocycles. The molecular weight excluding hydrogens is 432 g/mol. The van der Waals surface area contributed by atoms with Crippen molar-refractivity contribution in [3.05, 3.63) is 18.2 Å². The van der Waals surface area contributed by atoms with E-state index in [9.17, 15) is 28.8 Å². The number of carboxylic acid groups (broad SMARTS) is 3. The Balaban J connectivity index is 2.67. The number of carbonyl (C=O) groups is 6. The number of nitrogens with one attached hydrogen (secondary N) is 4. The molecule has 0 saturated heterocycles. The van der Waals surface area contributed by atoms with Gasteiger partial charge in [0.2, 0.25) is 17.7 Å². The number of H-pyrrole nitrogens is 1. The number of aromatic nitrogens is 2. The zero-order valence-electron chi connectivity index (χ0n) is 16.7. The second-order valence-corrected chi connectivity index (χ2v) is 6.66. The van der Waals surface area contributed by atoms with E-state index in [1.807, 2.05) is 5.32 Å². The number of aromatic amines is 1. The first-order valence-corrected chi connectivity index (χ1v) is 9.26. The molecule has 15 nitrogen and oxygen atoms in total. The maximum atomic E-state index is 12.3. The van der Waals surface area contributed by atoms with E-state index in [0.717, 1.165) is 0 Å². The Bertz CT molecular complexity index is 842. The van der Waals surface area contributed by atoms with E-state index in [4.69, 9.17) is 21.1 Å². The normalized spacial score (nSPS) is 13.3. The molecule has 1 aromatic rings. The third-order valence-electron chi connectivity index (χ3n) is 4.05. The smallest absolute Gasteiger partial charge is 0.326 e. The van der Waals surface area contributed by atoms with Gasteiger partial charge in [0, 0.05) is 24.7 Å². The highest BCUT2D eigenvalue weighted by atomic mass is 16.4. The third-order valence-corrected chi connectivity index (χ3v) is 4.05. The zero-order valence-corrected chi connectivity index (χ0v) is 16.7. The number of hydrogen-bond donors (Lipinski definition) is 8. The largest absolute Gasteiger partial charge is 0.481 e. The number of rotatable bonds is 14.